The fourth-order valence-electron chi connectivity index (χ4n) is 4.27. The van der Waals surface area contributed by atoms with Crippen LogP contribution in [0.25, 0.3) is 5.57 Å². The minimum Gasteiger partial charge on any atom is -0.477 e. The van der Waals surface area contributed by atoms with Crippen LogP contribution >= 0.6 is 11.6 Å². The lowest BCUT2D eigenvalue weighted by molar-refractivity contribution is -0.136. The second-order valence-corrected chi connectivity index (χ2v) is 10.0. The van der Waals surface area contributed by atoms with E-state index in [9.17, 15) is 18.3 Å². The third-order valence-electron chi connectivity index (χ3n) is 5.88. The topological polar surface area (TPSA) is 104 Å². The SMILES string of the molecule is CN1C(c2ccc(S(N)(=O)=O)cc2)C(c2ccc(Cl)cc2)=C(C(=O)O)N1CCc1ccccc1. The highest BCUT2D eigenvalue weighted by Crippen LogP contribution is 2.45. The number of rotatable bonds is 7. The first-order valence-corrected chi connectivity index (χ1v) is 12.5. The summed E-state index contributed by atoms with van der Waals surface area (Å²) in [6.45, 7) is 0.449. The Morgan fingerprint density at radius 1 is 1.00 bits per heavy atom. The number of hydrogen-bond acceptors (Lipinski definition) is 5. The molecule has 0 bridgehead atoms. The monoisotopic (exact) mass is 497 g/mol. The number of hydrazine groups is 1. The highest BCUT2D eigenvalue weighted by Gasteiger charge is 2.41. The summed E-state index contributed by atoms with van der Waals surface area (Å²) in [6, 6.07) is 22.6. The van der Waals surface area contributed by atoms with Crippen molar-refractivity contribution in [3.8, 4) is 0 Å². The summed E-state index contributed by atoms with van der Waals surface area (Å²) in [6.07, 6.45) is 0.646. The van der Waals surface area contributed by atoms with Crippen LogP contribution in [0.15, 0.2) is 89.5 Å². The molecule has 0 aromatic heterocycles. The molecule has 0 aliphatic carbocycles. The molecule has 0 spiro atoms. The standard InChI is InChI=1S/C25H24ClN3O4S/c1-28-23(19-9-13-21(14-10-19)34(27,32)33)22(18-7-11-20(26)12-8-18)24(25(30)31)29(28)16-15-17-5-3-2-4-6-17/h2-14,23H,15-16H2,1H3,(H,30,31)(H2,27,32,33). The van der Waals surface area contributed by atoms with Crippen LogP contribution in [0, 0.1) is 0 Å². The number of aliphatic carboxylic acids is 1. The molecule has 1 aliphatic rings. The maximum Gasteiger partial charge on any atom is 0.353 e. The van der Waals surface area contributed by atoms with Crippen LogP contribution < -0.4 is 5.14 Å². The van der Waals surface area contributed by atoms with Crippen molar-refractivity contribution >= 4 is 33.2 Å². The molecule has 1 aliphatic heterocycles. The van der Waals surface area contributed by atoms with Crippen molar-refractivity contribution in [3.63, 3.8) is 0 Å². The van der Waals surface area contributed by atoms with E-state index in [0.29, 0.717) is 23.6 Å². The number of sulfonamides is 1. The zero-order valence-electron chi connectivity index (χ0n) is 18.4. The number of primary sulfonamides is 1. The van der Waals surface area contributed by atoms with Crippen molar-refractivity contribution in [2.75, 3.05) is 13.6 Å². The van der Waals surface area contributed by atoms with Crippen LogP contribution in [0.5, 0.6) is 0 Å². The van der Waals surface area contributed by atoms with Gasteiger partial charge in [-0.1, -0.05) is 66.2 Å². The van der Waals surface area contributed by atoms with E-state index in [1.807, 2.05) is 42.4 Å². The molecule has 0 saturated heterocycles. The summed E-state index contributed by atoms with van der Waals surface area (Å²) in [5, 5.41) is 19.7. The van der Waals surface area contributed by atoms with Crippen LogP contribution in [0.1, 0.15) is 22.7 Å². The predicted octanol–water partition coefficient (Wildman–Crippen LogP) is 3.93. The van der Waals surface area contributed by atoms with Gasteiger partial charge in [0.25, 0.3) is 0 Å². The number of likely N-dealkylation sites (N-methyl/N-ethyl adjacent to an activating group) is 1. The predicted molar refractivity (Wildman–Crippen MR) is 131 cm³/mol. The molecular weight excluding hydrogens is 474 g/mol. The fraction of sp³-hybridized carbons (Fsp3) is 0.160. The third-order valence-corrected chi connectivity index (χ3v) is 7.06. The molecule has 1 unspecified atom stereocenters. The number of nitrogens with zero attached hydrogens (tertiary/aromatic N) is 2. The maximum absolute atomic E-state index is 12.5. The van der Waals surface area contributed by atoms with E-state index in [-0.39, 0.29) is 10.6 Å². The Kier molecular flexibility index (Phi) is 6.77. The molecule has 0 saturated carbocycles. The van der Waals surface area contributed by atoms with E-state index >= 15 is 0 Å². The fourth-order valence-corrected chi connectivity index (χ4v) is 4.91. The molecule has 1 atom stereocenters. The molecule has 4 rings (SSSR count). The molecule has 0 radical (unpaired) electrons. The van der Waals surface area contributed by atoms with Gasteiger partial charge >= 0.3 is 5.97 Å². The van der Waals surface area contributed by atoms with Gasteiger partial charge in [0.15, 0.2) is 0 Å². The van der Waals surface area contributed by atoms with Crippen molar-refractivity contribution in [2.24, 2.45) is 5.14 Å². The Balaban J connectivity index is 1.81. The summed E-state index contributed by atoms with van der Waals surface area (Å²) >= 11 is 6.08. The van der Waals surface area contributed by atoms with E-state index in [0.717, 1.165) is 16.7 Å². The van der Waals surface area contributed by atoms with Crippen LogP contribution in [0.3, 0.4) is 0 Å². The van der Waals surface area contributed by atoms with Crippen LogP contribution in [-0.2, 0) is 21.2 Å². The zero-order valence-corrected chi connectivity index (χ0v) is 20.0. The van der Waals surface area contributed by atoms with Gasteiger partial charge in [0.05, 0.1) is 10.9 Å². The lowest BCUT2D eigenvalue weighted by Gasteiger charge is -2.32. The van der Waals surface area contributed by atoms with Crippen molar-refractivity contribution in [1.29, 1.82) is 0 Å². The lowest BCUT2D eigenvalue weighted by Crippen LogP contribution is -2.39. The molecular formula is C25H24ClN3O4S. The second-order valence-electron chi connectivity index (χ2n) is 8.02. The summed E-state index contributed by atoms with van der Waals surface area (Å²) in [5.74, 6) is -1.05. The van der Waals surface area contributed by atoms with Crippen molar-refractivity contribution in [2.45, 2.75) is 17.4 Å². The number of benzene rings is 3. The first-order valence-electron chi connectivity index (χ1n) is 10.6. The largest absolute Gasteiger partial charge is 0.477 e. The van der Waals surface area contributed by atoms with Gasteiger partial charge in [0, 0.05) is 24.2 Å². The normalized spacial score (nSPS) is 16.8. The summed E-state index contributed by atoms with van der Waals surface area (Å²) in [5.41, 5.74) is 3.32. The Morgan fingerprint density at radius 3 is 2.18 bits per heavy atom. The Hall–Kier alpha value is -3.17. The second kappa shape index (κ2) is 9.60. The first kappa shape index (κ1) is 24.0. The van der Waals surface area contributed by atoms with E-state index < -0.39 is 22.0 Å². The molecule has 0 fully saturated rings. The van der Waals surface area contributed by atoms with E-state index in [4.69, 9.17) is 16.7 Å². The van der Waals surface area contributed by atoms with E-state index in [1.54, 1.807) is 41.4 Å². The highest BCUT2D eigenvalue weighted by atomic mass is 35.5. The van der Waals surface area contributed by atoms with Crippen LogP contribution in [0.2, 0.25) is 5.02 Å². The average molecular weight is 498 g/mol. The quantitative estimate of drug-likeness (QED) is 0.512. The Labute approximate surface area is 203 Å². The molecule has 3 aromatic rings. The number of carboxylic acids is 1. The van der Waals surface area contributed by atoms with Crippen LogP contribution in [-0.4, -0.2) is 43.1 Å². The molecule has 9 heteroatoms. The molecule has 3 N–H and O–H groups in total. The van der Waals surface area contributed by atoms with Gasteiger partial charge in [-0.2, -0.15) is 0 Å². The molecule has 176 valence electrons. The van der Waals surface area contributed by atoms with Gasteiger partial charge in [-0.05, 0) is 47.4 Å². The first-order chi connectivity index (χ1) is 16.2. The number of nitrogens with two attached hydrogens (primary N) is 1. The highest BCUT2D eigenvalue weighted by molar-refractivity contribution is 7.89. The molecule has 34 heavy (non-hydrogen) atoms. The van der Waals surface area contributed by atoms with Gasteiger partial charge in [-0.15, -0.1) is 0 Å². The molecule has 7 nitrogen and oxygen atoms in total. The van der Waals surface area contributed by atoms with Crippen molar-refractivity contribution in [3.05, 3.63) is 106 Å². The molecule has 1 heterocycles. The van der Waals surface area contributed by atoms with Gasteiger partial charge in [-0.3, -0.25) is 5.01 Å². The van der Waals surface area contributed by atoms with E-state index in [2.05, 4.69) is 0 Å². The van der Waals surface area contributed by atoms with Crippen molar-refractivity contribution < 1.29 is 18.3 Å². The summed E-state index contributed by atoms with van der Waals surface area (Å²) in [7, 11) is -2.02. The number of carboxylic acid groups (broad SMARTS) is 1. The minimum atomic E-state index is -3.85. The lowest BCUT2D eigenvalue weighted by atomic mass is 9.92. The zero-order chi connectivity index (χ0) is 24.5. The molecule has 0 amide bonds. The summed E-state index contributed by atoms with van der Waals surface area (Å²) < 4.78 is 23.4. The van der Waals surface area contributed by atoms with Gasteiger partial charge < -0.3 is 5.11 Å². The Morgan fingerprint density at radius 2 is 1.62 bits per heavy atom. The average Bonchev–Trinajstić information content (AvgIpc) is 3.10. The third kappa shape index (κ3) is 4.85. The van der Waals surface area contributed by atoms with Gasteiger partial charge in [0.2, 0.25) is 10.0 Å². The van der Waals surface area contributed by atoms with Crippen molar-refractivity contribution in [1.82, 2.24) is 10.0 Å². The van der Waals surface area contributed by atoms with Gasteiger partial charge in [-0.25, -0.2) is 23.4 Å². The smallest absolute Gasteiger partial charge is 0.353 e. The van der Waals surface area contributed by atoms with Gasteiger partial charge in [0.1, 0.15) is 5.70 Å². The van der Waals surface area contributed by atoms with E-state index in [1.165, 1.54) is 12.1 Å². The maximum atomic E-state index is 12.5. The van der Waals surface area contributed by atoms with Crippen LogP contribution in [0.4, 0.5) is 0 Å². The summed E-state index contributed by atoms with van der Waals surface area (Å²) in [4.78, 5) is 12.5. The minimum absolute atomic E-state index is 0.00619. The number of hydrogen-bond donors (Lipinski definition) is 2. The molecule has 3 aromatic carbocycles. The number of halogens is 1. The number of carbonyl (C=O) groups is 1. The Bertz CT molecular complexity index is 1320.